The highest BCUT2D eigenvalue weighted by Gasteiger charge is 2.25. The molecule has 3 rings (SSSR count). The van der Waals surface area contributed by atoms with Crippen LogP contribution in [-0.2, 0) is 0 Å². The Morgan fingerprint density at radius 2 is 1.85 bits per heavy atom. The van der Waals surface area contributed by atoms with Crippen LogP contribution in [0, 0.1) is 0 Å². The predicted octanol–water partition coefficient (Wildman–Crippen LogP) is 2.84. The van der Waals surface area contributed by atoms with Crippen LogP contribution in [0.15, 0.2) is 24.3 Å². The quantitative estimate of drug-likeness (QED) is 0.784. The summed E-state index contributed by atoms with van der Waals surface area (Å²) in [6.07, 6.45) is 4.33. The van der Waals surface area contributed by atoms with Crippen molar-refractivity contribution in [3.05, 3.63) is 29.8 Å². The van der Waals surface area contributed by atoms with E-state index in [1.807, 2.05) is 25.2 Å². The molecule has 0 saturated heterocycles. The number of pyridine rings is 1. The number of nitrogen functional groups attached to an aromatic ring is 1. The number of rotatable bonds is 2. The summed E-state index contributed by atoms with van der Waals surface area (Å²) in [5, 5.41) is 4.48. The van der Waals surface area contributed by atoms with Gasteiger partial charge in [-0.1, -0.05) is 18.2 Å². The first-order valence-electron chi connectivity index (χ1n) is 7.32. The Bertz CT molecular complexity index is 615. The lowest BCUT2D eigenvalue weighted by Crippen LogP contribution is -2.26. The molecule has 5 N–H and O–H groups in total. The van der Waals surface area contributed by atoms with Crippen molar-refractivity contribution >= 4 is 22.4 Å². The highest BCUT2D eigenvalue weighted by Crippen LogP contribution is 2.41. The zero-order valence-electron chi connectivity index (χ0n) is 11.9. The molecule has 1 aromatic carbocycles. The van der Waals surface area contributed by atoms with Crippen molar-refractivity contribution in [1.82, 2.24) is 4.98 Å². The van der Waals surface area contributed by atoms with Crippen LogP contribution in [-0.4, -0.2) is 18.1 Å². The minimum absolute atomic E-state index is 0.346. The molecule has 1 fully saturated rings. The number of aromatic nitrogens is 1. The van der Waals surface area contributed by atoms with Crippen molar-refractivity contribution in [3.63, 3.8) is 0 Å². The van der Waals surface area contributed by atoms with Gasteiger partial charge in [0, 0.05) is 24.0 Å². The van der Waals surface area contributed by atoms with Gasteiger partial charge >= 0.3 is 0 Å². The van der Waals surface area contributed by atoms with Crippen LogP contribution in [0.25, 0.3) is 10.9 Å². The summed E-state index contributed by atoms with van der Waals surface area (Å²) in [5.74, 6) is 1.13. The zero-order valence-corrected chi connectivity index (χ0v) is 11.9. The molecule has 1 aliphatic carbocycles. The van der Waals surface area contributed by atoms with E-state index in [0.717, 1.165) is 42.3 Å². The molecule has 1 heterocycles. The van der Waals surface area contributed by atoms with E-state index in [1.54, 1.807) is 0 Å². The van der Waals surface area contributed by atoms with Crippen LogP contribution in [0.2, 0.25) is 0 Å². The minimum atomic E-state index is 0.346. The molecule has 0 bridgehead atoms. The van der Waals surface area contributed by atoms with E-state index in [1.165, 1.54) is 5.56 Å². The second kappa shape index (κ2) is 5.29. The topological polar surface area (TPSA) is 77.0 Å². The summed E-state index contributed by atoms with van der Waals surface area (Å²) in [6.45, 7) is 0. The molecule has 0 aliphatic heterocycles. The van der Waals surface area contributed by atoms with E-state index in [-0.39, 0.29) is 0 Å². The average molecular weight is 270 g/mol. The number of hydrogen-bond acceptors (Lipinski definition) is 4. The van der Waals surface area contributed by atoms with Gasteiger partial charge in [0.1, 0.15) is 5.82 Å². The Labute approximate surface area is 119 Å². The fraction of sp³-hybridized carbons (Fsp3) is 0.438. The number of anilines is 2. The van der Waals surface area contributed by atoms with Crippen LogP contribution >= 0.6 is 0 Å². The Hall–Kier alpha value is -1.81. The van der Waals surface area contributed by atoms with Gasteiger partial charge in [-0.15, -0.1) is 0 Å². The van der Waals surface area contributed by atoms with Gasteiger partial charge in [0.15, 0.2) is 0 Å². The molecule has 20 heavy (non-hydrogen) atoms. The van der Waals surface area contributed by atoms with Gasteiger partial charge in [-0.2, -0.15) is 0 Å². The lowest BCUT2D eigenvalue weighted by Gasteiger charge is -2.29. The zero-order chi connectivity index (χ0) is 14.1. The van der Waals surface area contributed by atoms with Crippen LogP contribution in [0.4, 0.5) is 11.5 Å². The third-order valence-corrected chi connectivity index (χ3v) is 4.39. The lowest BCUT2D eigenvalue weighted by molar-refractivity contribution is 0.396. The molecule has 0 atom stereocenters. The lowest BCUT2D eigenvalue weighted by atomic mass is 9.81. The largest absolute Gasteiger partial charge is 0.387 e. The van der Waals surface area contributed by atoms with Crippen molar-refractivity contribution in [2.24, 2.45) is 5.73 Å². The van der Waals surface area contributed by atoms with Gasteiger partial charge in [0.05, 0.1) is 11.2 Å². The van der Waals surface area contributed by atoms with Gasteiger partial charge in [-0.3, -0.25) is 0 Å². The highest BCUT2D eigenvalue weighted by atomic mass is 14.9. The SMILES string of the molecule is CNc1c2ccccc2nc(N)c1[C@H]1CC[C@@H](N)CC1. The van der Waals surface area contributed by atoms with Crippen molar-refractivity contribution in [2.45, 2.75) is 37.6 Å². The number of nitrogens with two attached hydrogens (primary N) is 2. The molecule has 0 spiro atoms. The van der Waals surface area contributed by atoms with E-state index in [0.29, 0.717) is 17.8 Å². The monoisotopic (exact) mass is 270 g/mol. The number of para-hydroxylation sites is 1. The molecule has 1 saturated carbocycles. The molecule has 2 aromatic rings. The average Bonchev–Trinajstić information content (AvgIpc) is 2.47. The summed E-state index contributed by atoms with van der Waals surface area (Å²) in [5.41, 5.74) is 15.5. The first-order chi connectivity index (χ1) is 9.70. The maximum Gasteiger partial charge on any atom is 0.129 e. The third kappa shape index (κ3) is 2.20. The molecule has 4 heteroatoms. The Morgan fingerprint density at radius 3 is 2.55 bits per heavy atom. The highest BCUT2D eigenvalue weighted by molar-refractivity contribution is 5.95. The summed E-state index contributed by atoms with van der Waals surface area (Å²) < 4.78 is 0. The standard InChI is InChI=1S/C16H22N4/c1-19-15-12-4-2-3-5-13(12)20-16(18)14(15)10-6-8-11(17)9-7-10/h2-5,10-11H,6-9,17H2,1H3,(H3,18,19,20)/t10-,11+. The number of nitrogens with zero attached hydrogens (tertiary/aromatic N) is 1. The summed E-state index contributed by atoms with van der Waals surface area (Å²) >= 11 is 0. The Balaban J connectivity index is 2.11. The fourth-order valence-corrected chi connectivity index (χ4v) is 3.34. The third-order valence-electron chi connectivity index (χ3n) is 4.39. The summed E-state index contributed by atoms with van der Waals surface area (Å²) in [6, 6.07) is 8.49. The summed E-state index contributed by atoms with van der Waals surface area (Å²) in [7, 11) is 1.96. The van der Waals surface area contributed by atoms with E-state index in [9.17, 15) is 0 Å². The van der Waals surface area contributed by atoms with E-state index >= 15 is 0 Å². The van der Waals surface area contributed by atoms with Gasteiger partial charge in [-0.25, -0.2) is 4.98 Å². The molecule has 1 aliphatic rings. The second-order valence-electron chi connectivity index (χ2n) is 5.66. The fourth-order valence-electron chi connectivity index (χ4n) is 3.34. The summed E-state index contributed by atoms with van der Waals surface area (Å²) in [4.78, 5) is 4.58. The number of fused-ring (bicyclic) bond motifs is 1. The van der Waals surface area contributed by atoms with Crippen LogP contribution in [0.5, 0.6) is 0 Å². The van der Waals surface area contributed by atoms with Crippen molar-refractivity contribution in [2.75, 3.05) is 18.1 Å². The molecule has 1 aromatic heterocycles. The van der Waals surface area contributed by atoms with Crippen molar-refractivity contribution in [3.8, 4) is 0 Å². The molecule has 0 radical (unpaired) electrons. The smallest absolute Gasteiger partial charge is 0.129 e. The van der Waals surface area contributed by atoms with Gasteiger partial charge in [0.25, 0.3) is 0 Å². The van der Waals surface area contributed by atoms with Gasteiger partial charge in [-0.05, 0) is 37.7 Å². The second-order valence-corrected chi connectivity index (χ2v) is 5.66. The first kappa shape index (κ1) is 13.2. The first-order valence-corrected chi connectivity index (χ1v) is 7.32. The molecular formula is C16H22N4. The van der Waals surface area contributed by atoms with Gasteiger partial charge in [0.2, 0.25) is 0 Å². The van der Waals surface area contributed by atoms with Gasteiger partial charge < -0.3 is 16.8 Å². The Morgan fingerprint density at radius 1 is 1.15 bits per heavy atom. The van der Waals surface area contributed by atoms with Crippen LogP contribution in [0.1, 0.15) is 37.2 Å². The predicted molar refractivity (Wildman–Crippen MR) is 84.9 cm³/mol. The van der Waals surface area contributed by atoms with E-state index in [4.69, 9.17) is 11.5 Å². The maximum absolute atomic E-state index is 6.25. The number of benzene rings is 1. The minimum Gasteiger partial charge on any atom is -0.387 e. The van der Waals surface area contributed by atoms with E-state index < -0.39 is 0 Å². The molecule has 4 nitrogen and oxygen atoms in total. The van der Waals surface area contributed by atoms with Crippen LogP contribution in [0.3, 0.4) is 0 Å². The molecule has 0 amide bonds. The number of hydrogen-bond donors (Lipinski definition) is 3. The van der Waals surface area contributed by atoms with Crippen molar-refractivity contribution < 1.29 is 0 Å². The van der Waals surface area contributed by atoms with E-state index in [2.05, 4.69) is 16.4 Å². The molecular weight excluding hydrogens is 248 g/mol. The Kier molecular flexibility index (Phi) is 3.49. The number of nitrogens with one attached hydrogen (secondary N) is 1. The molecule has 0 unspecified atom stereocenters. The molecule has 106 valence electrons. The van der Waals surface area contributed by atoms with Crippen LogP contribution < -0.4 is 16.8 Å². The maximum atomic E-state index is 6.25. The normalized spacial score (nSPS) is 22.9. The van der Waals surface area contributed by atoms with Crippen molar-refractivity contribution in [1.29, 1.82) is 0 Å².